The number of piperidine rings is 1. The van der Waals surface area contributed by atoms with Crippen LogP contribution in [0.25, 0.3) is 5.65 Å². The third kappa shape index (κ3) is 3.83. The minimum atomic E-state index is 0.0102. The summed E-state index contributed by atoms with van der Waals surface area (Å²) in [5, 5.41) is 4.89. The Kier molecular flexibility index (Phi) is 5.37. The van der Waals surface area contributed by atoms with Crippen molar-refractivity contribution in [1.29, 1.82) is 0 Å². The Morgan fingerprint density at radius 2 is 2.00 bits per heavy atom. The average molecular weight is 465 g/mol. The molecule has 7 nitrogen and oxygen atoms in total. The number of fused-ring (bicyclic) bond motifs is 2. The van der Waals surface area contributed by atoms with Crippen molar-refractivity contribution in [3.05, 3.63) is 44.9 Å². The van der Waals surface area contributed by atoms with E-state index in [9.17, 15) is 4.79 Å². The predicted molar refractivity (Wildman–Crippen MR) is 131 cm³/mol. The predicted octanol–water partition coefficient (Wildman–Crippen LogP) is 3.88. The number of aryl methyl sites for hydroxylation is 3. The van der Waals surface area contributed by atoms with Crippen molar-refractivity contribution in [3.8, 4) is 0 Å². The number of thiophene rings is 1. The lowest BCUT2D eigenvalue weighted by molar-refractivity contribution is 0.0610. The number of hydrogen-bond acceptors (Lipinski definition) is 6. The lowest BCUT2D eigenvalue weighted by atomic mass is 9.98. The fourth-order valence-corrected chi connectivity index (χ4v) is 6.91. The van der Waals surface area contributed by atoms with E-state index >= 15 is 0 Å². The summed E-state index contributed by atoms with van der Waals surface area (Å²) in [4.78, 5) is 25.2. The smallest absolute Gasteiger partial charge is 0.264 e. The zero-order chi connectivity index (χ0) is 22.5. The van der Waals surface area contributed by atoms with Crippen LogP contribution in [-0.4, -0.2) is 51.1 Å². The fourth-order valence-electron chi connectivity index (χ4n) is 5.70. The number of hydrogen-bond donors (Lipinski definition) is 1. The molecule has 2 saturated heterocycles. The zero-order valence-electron chi connectivity index (χ0n) is 19.3. The van der Waals surface area contributed by atoms with Gasteiger partial charge in [0.15, 0.2) is 5.65 Å². The zero-order valence-corrected chi connectivity index (χ0v) is 20.1. The topological polar surface area (TPSA) is 79.8 Å². The minimum absolute atomic E-state index is 0.0102. The van der Waals surface area contributed by atoms with E-state index in [2.05, 4.69) is 35.1 Å². The van der Waals surface area contributed by atoms with E-state index < -0.39 is 0 Å². The fraction of sp³-hybridized carbons (Fsp3) is 0.560. The van der Waals surface area contributed by atoms with Crippen molar-refractivity contribution in [2.75, 3.05) is 24.5 Å². The second-order valence-electron chi connectivity index (χ2n) is 9.89. The highest BCUT2D eigenvalue weighted by atomic mass is 32.1. The molecule has 2 fully saturated rings. The molecule has 1 amide bonds. The van der Waals surface area contributed by atoms with Gasteiger partial charge in [0.05, 0.1) is 16.6 Å². The molecular formula is C25H32N6OS. The number of nitrogens with zero attached hydrogens (tertiary/aromatic N) is 5. The van der Waals surface area contributed by atoms with Gasteiger partial charge in [-0.15, -0.1) is 11.3 Å². The summed E-state index contributed by atoms with van der Waals surface area (Å²) >= 11 is 1.71. The molecule has 33 heavy (non-hydrogen) atoms. The van der Waals surface area contributed by atoms with Gasteiger partial charge in [-0.25, -0.2) is 9.50 Å². The maximum absolute atomic E-state index is 13.6. The number of aromatic nitrogens is 3. The largest absolute Gasteiger partial charge is 0.355 e. The number of carbonyl (C=O) groups excluding carboxylic acids is 1. The van der Waals surface area contributed by atoms with Gasteiger partial charge in [0.2, 0.25) is 0 Å². The second-order valence-corrected chi connectivity index (χ2v) is 11.0. The highest BCUT2D eigenvalue weighted by Gasteiger charge is 2.32. The van der Waals surface area contributed by atoms with Crippen LogP contribution in [0.3, 0.4) is 0 Å². The summed E-state index contributed by atoms with van der Waals surface area (Å²) in [5.74, 6) is 1.18. The summed E-state index contributed by atoms with van der Waals surface area (Å²) in [5.41, 5.74) is 10.4. The van der Waals surface area contributed by atoms with E-state index in [0.29, 0.717) is 0 Å². The van der Waals surface area contributed by atoms with Crippen molar-refractivity contribution in [2.24, 2.45) is 5.73 Å². The Labute approximate surface area is 198 Å². The minimum Gasteiger partial charge on any atom is -0.355 e. The second kappa shape index (κ2) is 8.40. The lowest BCUT2D eigenvalue weighted by Gasteiger charge is -2.34. The summed E-state index contributed by atoms with van der Waals surface area (Å²) in [6.07, 6.45) is 10.9. The van der Waals surface area contributed by atoms with Gasteiger partial charge in [0.25, 0.3) is 5.91 Å². The van der Waals surface area contributed by atoms with Crippen LogP contribution in [0.5, 0.6) is 0 Å². The monoisotopic (exact) mass is 464 g/mol. The molecule has 0 spiro atoms. The first-order valence-corrected chi connectivity index (χ1v) is 13.2. The van der Waals surface area contributed by atoms with Gasteiger partial charge in [-0.2, -0.15) is 5.10 Å². The molecule has 3 aliphatic rings. The summed E-state index contributed by atoms with van der Waals surface area (Å²) in [7, 11) is 0. The lowest BCUT2D eigenvalue weighted by Crippen LogP contribution is -2.38. The number of nitrogens with two attached hydrogens (primary N) is 1. The molecule has 2 aliphatic heterocycles. The highest BCUT2D eigenvalue weighted by molar-refractivity contribution is 7.14. The Bertz CT molecular complexity index is 1180. The molecule has 0 saturated carbocycles. The number of likely N-dealkylation sites (tertiary alicyclic amines) is 1. The van der Waals surface area contributed by atoms with Gasteiger partial charge in [-0.1, -0.05) is 0 Å². The molecule has 3 aromatic rings. The molecule has 0 unspecified atom stereocenters. The maximum atomic E-state index is 13.6. The van der Waals surface area contributed by atoms with Gasteiger partial charge in [-0.3, -0.25) is 4.79 Å². The Balaban J connectivity index is 1.30. The average Bonchev–Trinajstić information content (AvgIpc) is 3.55. The summed E-state index contributed by atoms with van der Waals surface area (Å²) in [6.45, 7) is 4.67. The highest BCUT2D eigenvalue weighted by Crippen LogP contribution is 2.36. The normalized spacial score (nSPS) is 23.3. The van der Waals surface area contributed by atoms with E-state index in [4.69, 9.17) is 15.8 Å². The molecule has 2 atom stereocenters. The van der Waals surface area contributed by atoms with E-state index in [1.54, 1.807) is 11.3 Å². The van der Waals surface area contributed by atoms with Crippen LogP contribution in [0, 0.1) is 6.92 Å². The van der Waals surface area contributed by atoms with Crippen LogP contribution >= 0.6 is 11.3 Å². The molecule has 0 aromatic carbocycles. The van der Waals surface area contributed by atoms with Crippen LogP contribution in [0.15, 0.2) is 18.3 Å². The van der Waals surface area contributed by atoms with E-state index in [1.165, 1.54) is 23.3 Å². The first-order chi connectivity index (χ1) is 16.1. The van der Waals surface area contributed by atoms with E-state index in [1.807, 2.05) is 4.52 Å². The van der Waals surface area contributed by atoms with Crippen molar-refractivity contribution in [3.63, 3.8) is 0 Å². The van der Waals surface area contributed by atoms with Crippen LogP contribution in [-0.2, 0) is 12.8 Å². The summed E-state index contributed by atoms with van der Waals surface area (Å²) < 4.78 is 1.88. The van der Waals surface area contributed by atoms with Gasteiger partial charge in [0.1, 0.15) is 5.82 Å². The summed E-state index contributed by atoms with van der Waals surface area (Å²) in [6, 6.07) is 4.47. The standard InChI is InChI=1S/C25H32N6OS/c1-16-14-31-23(27-24(16)29-11-9-18(26)15-29)13-19(28-31)20-7-4-5-10-30(20)25(32)22-12-17-6-2-3-8-21(17)33-22/h12-14,18,20H,2-11,15,26H2,1H3/t18-,20-/m0/s1. The van der Waals surface area contributed by atoms with Crippen molar-refractivity contribution in [1.82, 2.24) is 19.5 Å². The number of amides is 1. The number of carbonyl (C=O) groups is 1. The molecule has 3 aromatic heterocycles. The molecule has 6 rings (SSSR count). The molecule has 0 radical (unpaired) electrons. The molecule has 0 bridgehead atoms. The Morgan fingerprint density at radius 1 is 1.12 bits per heavy atom. The molecular weight excluding hydrogens is 432 g/mol. The van der Waals surface area contributed by atoms with Gasteiger partial charge in [0, 0.05) is 48.4 Å². The third-order valence-corrected chi connectivity index (χ3v) is 8.69. The van der Waals surface area contributed by atoms with Crippen molar-refractivity contribution >= 4 is 28.7 Å². The van der Waals surface area contributed by atoms with E-state index in [-0.39, 0.29) is 18.0 Å². The SMILES string of the molecule is Cc1cn2nc([C@@H]3CCCCN3C(=O)c3cc4c(s3)CCCC4)cc2nc1N1CC[C@H](N)C1. The van der Waals surface area contributed by atoms with Gasteiger partial charge < -0.3 is 15.5 Å². The Hall–Kier alpha value is -2.45. The molecule has 5 heterocycles. The Morgan fingerprint density at radius 3 is 2.82 bits per heavy atom. The molecule has 174 valence electrons. The maximum Gasteiger partial charge on any atom is 0.264 e. The first kappa shape index (κ1) is 21.1. The molecule has 2 N–H and O–H groups in total. The van der Waals surface area contributed by atoms with Gasteiger partial charge in [-0.05, 0) is 69.9 Å². The van der Waals surface area contributed by atoms with Crippen LogP contribution in [0.2, 0.25) is 0 Å². The van der Waals surface area contributed by atoms with Crippen molar-refractivity contribution < 1.29 is 4.79 Å². The number of anilines is 1. The van der Waals surface area contributed by atoms with Crippen LogP contribution in [0.4, 0.5) is 5.82 Å². The van der Waals surface area contributed by atoms with Crippen LogP contribution < -0.4 is 10.6 Å². The van der Waals surface area contributed by atoms with Gasteiger partial charge >= 0.3 is 0 Å². The quantitative estimate of drug-likeness (QED) is 0.636. The first-order valence-electron chi connectivity index (χ1n) is 12.4. The molecule has 8 heteroatoms. The van der Waals surface area contributed by atoms with Crippen molar-refractivity contribution in [2.45, 2.75) is 70.4 Å². The molecule has 1 aliphatic carbocycles. The third-order valence-electron chi connectivity index (χ3n) is 7.46. The van der Waals surface area contributed by atoms with E-state index in [0.717, 1.165) is 85.8 Å². The number of rotatable bonds is 3. The van der Waals surface area contributed by atoms with Crippen LogP contribution in [0.1, 0.15) is 75.9 Å².